The number of ether oxygens (including phenoxy) is 1. The molecule has 1 aromatic rings. The molecule has 0 aliphatic carbocycles. The van der Waals surface area contributed by atoms with E-state index in [9.17, 15) is 4.79 Å². The van der Waals surface area contributed by atoms with Gasteiger partial charge in [-0.15, -0.1) is 0 Å². The highest BCUT2D eigenvalue weighted by Crippen LogP contribution is 2.23. The van der Waals surface area contributed by atoms with E-state index in [0.717, 1.165) is 10.0 Å². The van der Waals surface area contributed by atoms with Crippen LogP contribution >= 0.6 is 15.9 Å². The molecule has 0 fully saturated rings. The van der Waals surface area contributed by atoms with E-state index in [1.54, 1.807) is 18.2 Å². The summed E-state index contributed by atoms with van der Waals surface area (Å²) in [6.45, 7) is 0. The first-order valence-electron chi connectivity index (χ1n) is 4.17. The van der Waals surface area contributed by atoms with Crippen LogP contribution < -0.4 is 0 Å². The number of benzene rings is 1. The lowest BCUT2D eigenvalue weighted by Gasteiger charge is -2.03. The Bertz CT molecular complexity index is 336. The average molecular weight is 259 g/mol. The number of esters is 1. The normalized spacial score (nSPS) is 9.86. The zero-order chi connectivity index (χ0) is 10.6. The van der Waals surface area contributed by atoms with Gasteiger partial charge in [-0.2, -0.15) is 0 Å². The molecule has 0 aliphatic heterocycles. The van der Waals surface area contributed by atoms with Gasteiger partial charge in [-0.3, -0.25) is 4.79 Å². The molecular formula is C10H11BrO3. The van der Waals surface area contributed by atoms with E-state index in [1.165, 1.54) is 7.11 Å². The molecule has 0 atom stereocenters. The van der Waals surface area contributed by atoms with Crippen molar-refractivity contribution in [2.75, 3.05) is 7.11 Å². The second-order valence-corrected chi connectivity index (χ2v) is 3.71. The molecule has 3 nitrogen and oxygen atoms in total. The van der Waals surface area contributed by atoms with Crippen molar-refractivity contribution in [2.45, 2.75) is 12.8 Å². The minimum Gasteiger partial charge on any atom is -0.508 e. The van der Waals surface area contributed by atoms with Gasteiger partial charge >= 0.3 is 5.97 Å². The minimum absolute atomic E-state index is 0.207. The average Bonchev–Trinajstić information content (AvgIpc) is 2.16. The van der Waals surface area contributed by atoms with Crippen molar-refractivity contribution < 1.29 is 14.6 Å². The van der Waals surface area contributed by atoms with Crippen molar-refractivity contribution in [2.24, 2.45) is 0 Å². The second-order valence-electron chi connectivity index (χ2n) is 2.85. The van der Waals surface area contributed by atoms with Crippen LogP contribution in [0.1, 0.15) is 12.0 Å². The predicted molar refractivity (Wildman–Crippen MR) is 56.1 cm³/mol. The molecule has 0 amide bonds. The maximum atomic E-state index is 10.9. The number of carbonyl (C=O) groups excluding carboxylic acids is 1. The minimum atomic E-state index is -0.232. The molecule has 0 radical (unpaired) electrons. The molecule has 1 N–H and O–H groups in total. The first kappa shape index (κ1) is 11.0. The summed E-state index contributed by atoms with van der Waals surface area (Å²) >= 11 is 3.31. The van der Waals surface area contributed by atoms with Crippen LogP contribution in [-0.2, 0) is 16.0 Å². The highest BCUT2D eigenvalue weighted by molar-refractivity contribution is 9.10. The molecule has 0 aromatic heterocycles. The molecule has 0 spiro atoms. The van der Waals surface area contributed by atoms with Crippen LogP contribution in [-0.4, -0.2) is 18.2 Å². The van der Waals surface area contributed by atoms with Crippen LogP contribution in [0, 0.1) is 0 Å². The highest BCUT2D eigenvalue weighted by Gasteiger charge is 2.04. The van der Waals surface area contributed by atoms with Crippen molar-refractivity contribution in [3.8, 4) is 5.75 Å². The lowest BCUT2D eigenvalue weighted by molar-refractivity contribution is -0.140. The van der Waals surface area contributed by atoms with Crippen LogP contribution in [0.2, 0.25) is 0 Å². The maximum absolute atomic E-state index is 10.9. The van der Waals surface area contributed by atoms with Gasteiger partial charge in [0.2, 0.25) is 0 Å². The first-order valence-corrected chi connectivity index (χ1v) is 4.97. The molecule has 14 heavy (non-hydrogen) atoms. The fraction of sp³-hybridized carbons (Fsp3) is 0.300. The Balaban J connectivity index is 2.63. The van der Waals surface area contributed by atoms with Gasteiger partial charge in [0.25, 0.3) is 0 Å². The number of hydrogen-bond acceptors (Lipinski definition) is 3. The van der Waals surface area contributed by atoms with Gasteiger partial charge in [0, 0.05) is 10.9 Å². The van der Waals surface area contributed by atoms with E-state index in [0.29, 0.717) is 12.8 Å². The van der Waals surface area contributed by atoms with Crippen molar-refractivity contribution in [3.05, 3.63) is 28.2 Å². The SMILES string of the molecule is COC(=O)CCc1ccc(O)cc1Br. The topological polar surface area (TPSA) is 46.5 Å². The number of phenols is 1. The Morgan fingerprint density at radius 2 is 2.29 bits per heavy atom. The summed E-state index contributed by atoms with van der Waals surface area (Å²) in [6, 6.07) is 4.98. The number of halogens is 1. The van der Waals surface area contributed by atoms with Crippen LogP contribution in [0.5, 0.6) is 5.75 Å². The Morgan fingerprint density at radius 3 is 2.86 bits per heavy atom. The number of rotatable bonds is 3. The first-order chi connectivity index (χ1) is 6.63. The Kier molecular flexibility index (Phi) is 3.95. The van der Waals surface area contributed by atoms with E-state index < -0.39 is 0 Å². The summed E-state index contributed by atoms with van der Waals surface area (Å²) in [5.41, 5.74) is 0.980. The standard InChI is InChI=1S/C10H11BrO3/c1-14-10(13)5-3-7-2-4-8(12)6-9(7)11/h2,4,6,12H,3,5H2,1H3. The molecule has 1 aromatic carbocycles. The fourth-order valence-corrected chi connectivity index (χ4v) is 1.64. The maximum Gasteiger partial charge on any atom is 0.305 e. The number of methoxy groups -OCH3 is 1. The number of carbonyl (C=O) groups is 1. The van der Waals surface area contributed by atoms with E-state index in [4.69, 9.17) is 5.11 Å². The largest absolute Gasteiger partial charge is 0.508 e. The second kappa shape index (κ2) is 5.00. The summed E-state index contributed by atoms with van der Waals surface area (Å²) in [5, 5.41) is 9.14. The smallest absolute Gasteiger partial charge is 0.305 e. The van der Waals surface area contributed by atoms with Crippen LogP contribution in [0.15, 0.2) is 22.7 Å². The molecule has 0 unspecified atom stereocenters. The Morgan fingerprint density at radius 1 is 1.57 bits per heavy atom. The van der Waals surface area contributed by atoms with Crippen molar-refractivity contribution in [1.82, 2.24) is 0 Å². The fourth-order valence-electron chi connectivity index (χ4n) is 1.08. The van der Waals surface area contributed by atoms with Gasteiger partial charge in [0.15, 0.2) is 0 Å². The van der Waals surface area contributed by atoms with Crippen molar-refractivity contribution in [1.29, 1.82) is 0 Å². The van der Waals surface area contributed by atoms with Crippen LogP contribution in [0.25, 0.3) is 0 Å². The molecule has 0 saturated carbocycles. The van der Waals surface area contributed by atoms with Crippen LogP contribution in [0.3, 0.4) is 0 Å². The van der Waals surface area contributed by atoms with E-state index >= 15 is 0 Å². The molecule has 0 aliphatic rings. The van der Waals surface area contributed by atoms with E-state index in [-0.39, 0.29) is 11.7 Å². The summed E-state index contributed by atoms with van der Waals surface area (Å²) in [7, 11) is 1.37. The number of aryl methyl sites for hydroxylation is 1. The molecule has 0 bridgehead atoms. The quantitative estimate of drug-likeness (QED) is 0.847. The third-order valence-electron chi connectivity index (χ3n) is 1.86. The van der Waals surface area contributed by atoms with Crippen molar-refractivity contribution >= 4 is 21.9 Å². The summed E-state index contributed by atoms with van der Waals surface area (Å²) in [4.78, 5) is 10.9. The van der Waals surface area contributed by atoms with E-state index in [1.807, 2.05) is 0 Å². The molecular weight excluding hydrogens is 248 g/mol. The number of aromatic hydroxyl groups is 1. The van der Waals surface area contributed by atoms with Gasteiger partial charge < -0.3 is 9.84 Å². The van der Waals surface area contributed by atoms with Crippen LogP contribution in [0.4, 0.5) is 0 Å². The number of phenolic OH excluding ortho intramolecular Hbond substituents is 1. The molecule has 0 saturated heterocycles. The highest BCUT2D eigenvalue weighted by atomic mass is 79.9. The zero-order valence-electron chi connectivity index (χ0n) is 7.79. The summed E-state index contributed by atoms with van der Waals surface area (Å²) < 4.78 is 5.34. The van der Waals surface area contributed by atoms with Crippen molar-refractivity contribution in [3.63, 3.8) is 0 Å². The van der Waals surface area contributed by atoms with E-state index in [2.05, 4.69) is 20.7 Å². The molecule has 1 rings (SSSR count). The zero-order valence-corrected chi connectivity index (χ0v) is 9.37. The van der Waals surface area contributed by atoms with Gasteiger partial charge in [0.05, 0.1) is 7.11 Å². The summed E-state index contributed by atoms with van der Waals surface area (Å²) in [6.07, 6.45) is 0.952. The lowest BCUT2D eigenvalue weighted by Crippen LogP contribution is -2.02. The summed E-state index contributed by atoms with van der Waals surface area (Å²) in [5.74, 6) is -0.0244. The third-order valence-corrected chi connectivity index (χ3v) is 2.60. The monoisotopic (exact) mass is 258 g/mol. The predicted octanol–water partition coefficient (Wildman–Crippen LogP) is 2.26. The van der Waals surface area contributed by atoms with Gasteiger partial charge in [-0.1, -0.05) is 22.0 Å². The molecule has 0 heterocycles. The Labute approximate surface area is 90.8 Å². The lowest BCUT2D eigenvalue weighted by atomic mass is 10.1. The van der Waals surface area contributed by atoms with Gasteiger partial charge in [-0.05, 0) is 24.1 Å². The van der Waals surface area contributed by atoms with Gasteiger partial charge in [-0.25, -0.2) is 0 Å². The molecule has 76 valence electrons. The third kappa shape index (κ3) is 3.03. The number of hydrogen-bond donors (Lipinski definition) is 1. The molecule has 4 heteroatoms. The van der Waals surface area contributed by atoms with Gasteiger partial charge in [0.1, 0.15) is 5.75 Å². The Hall–Kier alpha value is -1.03.